The van der Waals surface area contributed by atoms with Gasteiger partial charge in [-0.05, 0) is 44.5 Å². The molecular weight excluding hydrogens is 242 g/mol. The van der Waals surface area contributed by atoms with E-state index in [4.69, 9.17) is 4.74 Å². The molecular formula is C14H17N3O2. The molecule has 0 saturated heterocycles. The lowest BCUT2D eigenvalue weighted by molar-refractivity contribution is -0.137. The summed E-state index contributed by atoms with van der Waals surface area (Å²) in [6.45, 7) is 6.28. The van der Waals surface area contributed by atoms with Gasteiger partial charge in [-0.3, -0.25) is 0 Å². The third-order valence-corrected chi connectivity index (χ3v) is 2.68. The van der Waals surface area contributed by atoms with Gasteiger partial charge in [-0.1, -0.05) is 11.3 Å². The molecule has 0 saturated carbocycles. The topological polar surface area (TPSA) is 57.0 Å². The van der Waals surface area contributed by atoms with Gasteiger partial charge in [0.2, 0.25) is 0 Å². The Kier molecular flexibility index (Phi) is 3.94. The molecule has 19 heavy (non-hydrogen) atoms. The number of fused-ring (bicyclic) bond motifs is 1. The molecule has 0 fully saturated rings. The van der Waals surface area contributed by atoms with E-state index < -0.39 is 0 Å². The molecule has 0 radical (unpaired) electrons. The summed E-state index contributed by atoms with van der Waals surface area (Å²) in [4.78, 5) is 11.2. The summed E-state index contributed by atoms with van der Waals surface area (Å²) in [5, 5.41) is 8.24. The van der Waals surface area contributed by atoms with Gasteiger partial charge in [-0.2, -0.15) is 0 Å². The van der Waals surface area contributed by atoms with E-state index in [9.17, 15) is 4.79 Å². The molecule has 2 aromatic rings. The minimum Gasteiger partial charge on any atom is -0.463 e. The number of aromatic nitrogens is 3. The molecule has 0 amide bonds. The van der Waals surface area contributed by atoms with E-state index in [1.54, 1.807) is 13.0 Å². The lowest BCUT2D eigenvalue weighted by atomic mass is 10.2. The molecule has 1 aromatic heterocycles. The van der Waals surface area contributed by atoms with Crippen molar-refractivity contribution in [1.82, 2.24) is 15.0 Å². The quantitative estimate of drug-likeness (QED) is 0.625. The van der Waals surface area contributed by atoms with Crippen LogP contribution in [0.4, 0.5) is 0 Å². The van der Waals surface area contributed by atoms with Crippen molar-refractivity contribution >= 4 is 23.1 Å². The minimum atomic E-state index is -0.339. The van der Waals surface area contributed by atoms with E-state index in [1.807, 2.05) is 22.9 Å². The van der Waals surface area contributed by atoms with Crippen molar-refractivity contribution in [2.45, 2.75) is 26.8 Å². The van der Waals surface area contributed by atoms with Gasteiger partial charge in [0.15, 0.2) is 0 Å². The molecule has 1 aromatic carbocycles. The summed E-state index contributed by atoms with van der Waals surface area (Å²) in [7, 11) is 0. The number of nitrogens with zero attached hydrogens (tertiary/aromatic N) is 3. The zero-order chi connectivity index (χ0) is 13.8. The summed E-state index contributed by atoms with van der Waals surface area (Å²) in [6.07, 6.45) is 3.13. The highest BCUT2D eigenvalue weighted by Crippen LogP contribution is 2.17. The highest BCUT2D eigenvalue weighted by atomic mass is 16.5. The van der Waals surface area contributed by atoms with E-state index in [0.29, 0.717) is 6.61 Å². The lowest BCUT2D eigenvalue weighted by Crippen LogP contribution is -2.02. The summed E-state index contributed by atoms with van der Waals surface area (Å²) in [5.74, 6) is -0.339. The molecule has 5 nitrogen and oxygen atoms in total. The molecule has 100 valence electrons. The fourth-order valence-corrected chi connectivity index (χ4v) is 1.80. The maximum absolute atomic E-state index is 11.2. The van der Waals surface area contributed by atoms with Crippen molar-refractivity contribution < 1.29 is 9.53 Å². The molecule has 1 heterocycles. The highest BCUT2D eigenvalue weighted by Gasteiger charge is 2.07. The first-order valence-corrected chi connectivity index (χ1v) is 6.31. The maximum Gasteiger partial charge on any atom is 0.330 e. The van der Waals surface area contributed by atoms with E-state index in [2.05, 4.69) is 24.2 Å². The zero-order valence-electron chi connectivity index (χ0n) is 11.3. The average Bonchev–Trinajstić information content (AvgIpc) is 2.79. The van der Waals surface area contributed by atoms with E-state index >= 15 is 0 Å². The molecule has 0 bridgehead atoms. The average molecular weight is 259 g/mol. The van der Waals surface area contributed by atoms with Crippen molar-refractivity contribution in [2.24, 2.45) is 0 Å². The number of benzene rings is 1. The minimum absolute atomic E-state index is 0.269. The van der Waals surface area contributed by atoms with Crippen LogP contribution in [0.15, 0.2) is 24.3 Å². The lowest BCUT2D eigenvalue weighted by Gasteiger charge is -2.04. The smallest absolute Gasteiger partial charge is 0.330 e. The number of esters is 1. The number of hydrogen-bond donors (Lipinski definition) is 0. The van der Waals surface area contributed by atoms with Crippen LogP contribution in [0, 0.1) is 0 Å². The van der Waals surface area contributed by atoms with E-state index in [-0.39, 0.29) is 12.0 Å². The predicted molar refractivity (Wildman–Crippen MR) is 73.6 cm³/mol. The first kappa shape index (κ1) is 13.3. The number of carbonyl (C=O) groups excluding carboxylic acids is 1. The van der Waals surface area contributed by atoms with Gasteiger partial charge in [0, 0.05) is 12.1 Å². The van der Waals surface area contributed by atoms with Crippen molar-refractivity contribution in [2.75, 3.05) is 6.61 Å². The van der Waals surface area contributed by atoms with Crippen LogP contribution >= 0.6 is 0 Å². The van der Waals surface area contributed by atoms with Crippen LogP contribution < -0.4 is 0 Å². The number of rotatable bonds is 4. The van der Waals surface area contributed by atoms with E-state index in [0.717, 1.165) is 16.6 Å². The summed E-state index contributed by atoms with van der Waals surface area (Å²) in [6, 6.07) is 6.06. The predicted octanol–water partition coefficient (Wildman–Crippen LogP) is 2.59. The van der Waals surface area contributed by atoms with Crippen molar-refractivity contribution in [1.29, 1.82) is 0 Å². The largest absolute Gasteiger partial charge is 0.463 e. The third-order valence-electron chi connectivity index (χ3n) is 2.68. The van der Waals surface area contributed by atoms with Gasteiger partial charge in [0.25, 0.3) is 0 Å². The van der Waals surface area contributed by atoms with Crippen LogP contribution in [-0.2, 0) is 9.53 Å². The van der Waals surface area contributed by atoms with Crippen LogP contribution in [-0.4, -0.2) is 27.6 Å². The molecule has 0 aliphatic rings. The summed E-state index contributed by atoms with van der Waals surface area (Å²) in [5.41, 5.74) is 2.71. The normalized spacial score (nSPS) is 11.6. The van der Waals surface area contributed by atoms with Gasteiger partial charge < -0.3 is 4.74 Å². The fourth-order valence-electron chi connectivity index (χ4n) is 1.80. The first-order valence-electron chi connectivity index (χ1n) is 6.31. The molecule has 2 rings (SSSR count). The standard InChI is InChI=1S/C14H17N3O2/c1-4-19-14(18)8-6-11-5-7-13-12(9-11)15-16-17(13)10(2)3/h5-10H,4H2,1-3H3/b8-6+. The zero-order valence-corrected chi connectivity index (χ0v) is 11.3. The highest BCUT2D eigenvalue weighted by molar-refractivity contribution is 5.88. The van der Waals surface area contributed by atoms with Crippen LogP contribution in [0.25, 0.3) is 17.1 Å². The summed E-state index contributed by atoms with van der Waals surface area (Å²) >= 11 is 0. The second-order valence-electron chi connectivity index (χ2n) is 4.46. The Morgan fingerprint density at radius 3 is 2.95 bits per heavy atom. The van der Waals surface area contributed by atoms with E-state index in [1.165, 1.54) is 6.08 Å². The third kappa shape index (κ3) is 2.99. The van der Waals surface area contributed by atoms with Crippen LogP contribution in [0.5, 0.6) is 0 Å². The molecule has 0 aliphatic carbocycles. The second-order valence-corrected chi connectivity index (χ2v) is 4.46. The monoisotopic (exact) mass is 259 g/mol. The van der Waals surface area contributed by atoms with Gasteiger partial charge in [0.05, 0.1) is 12.1 Å². The van der Waals surface area contributed by atoms with Crippen molar-refractivity contribution in [3.05, 3.63) is 29.8 Å². The Balaban J connectivity index is 2.25. The van der Waals surface area contributed by atoms with Crippen LogP contribution in [0.2, 0.25) is 0 Å². The van der Waals surface area contributed by atoms with Crippen LogP contribution in [0.3, 0.4) is 0 Å². The Morgan fingerprint density at radius 2 is 2.26 bits per heavy atom. The Morgan fingerprint density at radius 1 is 1.47 bits per heavy atom. The van der Waals surface area contributed by atoms with Crippen LogP contribution in [0.1, 0.15) is 32.4 Å². The molecule has 0 spiro atoms. The summed E-state index contributed by atoms with van der Waals surface area (Å²) < 4.78 is 6.70. The molecule has 0 atom stereocenters. The number of carbonyl (C=O) groups is 1. The maximum atomic E-state index is 11.2. The Bertz CT molecular complexity index is 614. The molecule has 0 aliphatic heterocycles. The molecule has 5 heteroatoms. The number of ether oxygens (including phenoxy) is 1. The SMILES string of the molecule is CCOC(=O)/C=C/c1ccc2c(c1)nnn2C(C)C. The molecule has 0 N–H and O–H groups in total. The van der Waals surface area contributed by atoms with Gasteiger partial charge >= 0.3 is 5.97 Å². The van der Waals surface area contributed by atoms with Crippen molar-refractivity contribution in [3.63, 3.8) is 0 Å². The first-order chi connectivity index (χ1) is 9.11. The van der Waals surface area contributed by atoms with Gasteiger partial charge in [-0.25, -0.2) is 9.48 Å². The Labute approximate surface area is 111 Å². The number of hydrogen-bond acceptors (Lipinski definition) is 4. The van der Waals surface area contributed by atoms with Gasteiger partial charge in [0.1, 0.15) is 5.52 Å². The molecule has 0 unspecified atom stereocenters. The Hall–Kier alpha value is -2.17. The second kappa shape index (κ2) is 5.65. The van der Waals surface area contributed by atoms with Crippen molar-refractivity contribution in [3.8, 4) is 0 Å². The fraction of sp³-hybridized carbons (Fsp3) is 0.357. The van der Waals surface area contributed by atoms with Gasteiger partial charge in [-0.15, -0.1) is 5.10 Å².